The Balaban J connectivity index is 1.12. The van der Waals surface area contributed by atoms with Crippen LogP contribution in [0.15, 0.2) is 101 Å². The number of aromatic nitrogens is 3. The molecule has 1 aliphatic rings. The largest absolute Gasteiger partial charge is 0.347 e. The van der Waals surface area contributed by atoms with Crippen molar-refractivity contribution in [2.75, 3.05) is 5.32 Å². The quantitative estimate of drug-likeness (QED) is 0.320. The van der Waals surface area contributed by atoms with Gasteiger partial charge < -0.3 is 10.6 Å². The number of hydrogen-bond donors (Lipinski definition) is 2. The third-order valence-electron chi connectivity index (χ3n) is 5.70. The highest BCUT2D eigenvalue weighted by atomic mass is 32.2. The van der Waals surface area contributed by atoms with E-state index in [1.807, 2.05) is 60.8 Å². The molecular formula is C27H19N5O2S2. The molecule has 36 heavy (non-hydrogen) atoms. The Hall–Kier alpha value is -4.21. The van der Waals surface area contributed by atoms with Gasteiger partial charge in [-0.15, -0.1) is 11.3 Å². The number of thiazole rings is 1. The summed E-state index contributed by atoms with van der Waals surface area (Å²) >= 11 is 3.05. The van der Waals surface area contributed by atoms with Crippen LogP contribution in [0.1, 0.15) is 25.6 Å². The standard InChI is InChI=1S/C27H19N5O2S2/c33-25(18-8-11-24-22(14-18)31-26(34)21-4-1-2-5-23(21)36-24)28-15-20-16-29-27(35-20)17-6-9-19(10-7-17)32-13-3-12-30-32/h1-14,16H,15H2,(H,28,33)(H,31,34). The van der Waals surface area contributed by atoms with Crippen LogP contribution in [0, 0.1) is 0 Å². The number of amides is 2. The first-order chi connectivity index (χ1) is 17.6. The van der Waals surface area contributed by atoms with Gasteiger partial charge in [-0.25, -0.2) is 9.67 Å². The lowest BCUT2D eigenvalue weighted by Crippen LogP contribution is -2.22. The Morgan fingerprint density at radius 3 is 2.69 bits per heavy atom. The first-order valence-electron chi connectivity index (χ1n) is 11.2. The lowest BCUT2D eigenvalue weighted by Gasteiger charge is -2.09. The third-order valence-corrected chi connectivity index (χ3v) is 7.90. The molecule has 0 saturated carbocycles. The molecule has 2 aromatic heterocycles. The molecule has 0 radical (unpaired) electrons. The van der Waals surface area contributed by atoms with E-state index in [0.717, 1.165) is 30.9 Å². The van der Waals surface area contributed by atoms with Crippen molar-refractivity contribution in [2.45, 2.75) is 16.3 Å². The predicted molar refractivity (Wildman–Crippen MR) is 141 cm³/mol. The minimum atomic E-state index is -0.211. The number of fused-ring (bicyclic) bond motifs is 2. The lowest BCUT2D eigenvalue weighted by molar-refractivity contribution is 0.0949. The Kier molecular flexibility index (Phi) is 5.84. The van der Waals surface area contributed by atoms with E-state index in [1.165, 1.54) is 23.1 Å². The second kappa shape index (κ2) is 9.44. The van der Waals surface area contributed by atoms with Crippen LogP contribution in [0.5, 0.6) is 0 Å². The van der Waals surface area contributed by atoms with Crippen LogP contribution in [-0.4, -0.2) is 26.6 Å². The van der Waals surface area contributed by atoms with Gasteiger partial charge in [0.05, 0.1) is 23.5 Å². The van der Waals surface area contributed by atoms with E-state index >= 15 is 0 Å². The van der Waals surface area contributed by atoms with Gasteiger partial charge in [0.1, 0.15) is 5.01 Å². The number of nitrogens with one attached hydrogen (secondary N) is 2. The number of carbonyl (C=O) groups excluding carboxylic acids is 2. The fourth-order valence-electron chi connectivity index (χ4n) is 3.88. The third kappa shape index (κ3) is 4.41. The second-order valence-corrected chi connectivity index (χ2v) is 10.3. The zero-order valence-electron chi connectivity index (χ0n) is 18.8. The minimum Gasteiger partial charge on any atom is -0.347 e. The van der Waals surface area contributed by atoms with Gasteiger partial charge in [-0.05, 0) is 60.7 Å². The molecule has 1 aliphatic heterocycles. The van der Waals surface area contributed by atoms with E-state index in [0.29, 0.717) is 23.4 Å². The molecule has 0 aliphatic carbocycles. The summed E-state index contributed by atoms with van der Waals surface area (Å²) in [4.78, 5) is 32.7. The number of carbonyl (C=O) groups is 2. The first-order valence-corrected chi connectivity index (χ1v) is 12.8. The van der Waals surface area contributed by atoms with Crippen LogP contribution >= 0.6 is 23.1 Å². The van der Waals surface area contributed by atoms with Crippen molar-refractivity contribution in [1.29, 1.82) is 0 Å². The summed E-state index contributed by atoms with van der Waals surface area (Å²) < 4.78 is 1.80. The second-order valence-electron chi connectivity index (χ2n) is 8.08. The van der Waals surface area contributed by atoms with Crippen LogP contribution in [0.3, 0.4) is 0 Å². The monoisotopic (exact) mass is 509 g/mol. The van der Waals surface area contributed by atoms with Gasteiger partial charge in [0.25, 0.3) is 11.8 Å². The summed E-state index contributed by atoms with van der Waals surface area (Å²) in [5, 5.41) is 11.0. The average Bonchev–Trinajstić information content (AvgIpc) is 3.59. The smallest absolute Gasteiger partial charge is 0.256 e. The molecule has 0 bridgehead atoms. The van der Waals surface area contributed by atoms with Crippen molar-refractivity contribution >= 4 is 40.6 Å². The topological polar surface area (TPSA) is 88.9 Å². The molecule has 0 unspecified atom stereocenters. The van der Waals surface area contributed by atoms with Crippen molar-refractivity contribution in [1.82, 2.24) is 20.1 Å². The summed E-state index contributed by atoms with van der Waals surface area (Å²) in [6.07, 6.45) is 5.43. The molecule has 7 nitrogen and oxygen atoms in total. The normalized spacial score (nSPS) is 12.3. The van der Waals surface area contributed by atoms with Crippen LogP contribution in [0.25, 0.3) is 16.3 Å². The van der Waals surface area contributed by atoms with Crippen LogP contribution < -0.4 is 10.6 Å². The Labute approximate surface area is 215 Å². The molecule has 176 valence electrons. The summed E-state index contributed by atoms with van der Waals surface area (Å²) in [5.41, 5.74) is 3.73. The number of benzene rings is 3. The van der Waals surface area contributed by atoms with Crippen molar-refractivity contribution in [3.05, 3.63) is 107 Å². The lowest BCUT2D eigenvalue weighted by atomic mass is 10.1. The van der Waals surface area contributed by atoms with Crippen molar-refractivity contribution in [3.63, 3.8) is 0 Å². The van der Waals surface area contributed by atoms with Gasteiger partial charge in [0.2, 0.25) is 0 Å². The fraction of sp³-hybridized carbons (Fsp3) is 0.0370. The van der Waals surface area contributed by atoms with Crippen LogP contribution in [-0.2, 0) is 6.54 Å². The van der Waals surface area contributed by atoms with Gasteiger partial charge in [0.15, 0.2) is 0 Å². The van der Waals surface area contributed by atoms with E-state index in [-0.39, 0.29) is 11.8 Å². The molecule has 6 rings (SSSR count). The van der Waals surface area contributed by atoms with Crippen LogP contribution in [0.4, 0.5) is 5.69 Å². The molecule has 0 atom stereocenters. The van der Waals surface area contributed by atoms with Gasteiger partial charge in [-0.1, -0.05) is 23.9 Å². The first kappa shape index (κ1) is 22.3. The van der Waals surface area contributed by atoms with Gasteiger partial charge in [-0.3, -0.25) is 9.59 Å². The SMILES string of the molecule is O=C(NCc1cnc(-c2ccc(-n3cccn3)cc2)s1)c1ccc2c(c1)NC(=O)c1ccccc1S2. The highest BCUT2D eigenvalue weighted by Crippen LogP contribution is 2.39. The summed E-state index contributed by atoms with van der Waals surface area (Å²) in [6.45, 7) is 0.367. The summed E-state index contributed by atoms with van der Waals surface area (Å²) in [6, 6.07) is 22.8. The van der Waals surface area contributed by atoms with E-state index in [1.54, 1.807) is 35.3 Å². The highest BCUT2D eigenvalue weighted by molar-refractivity contribution is 7.99. The number of anilines is 1. The van der Waals surface area contributed by atoms with Gasteiger partial charge >= 0.3 is 0 Å². The van der Waals surface area contributed by atoms with E-state index in [4.69, 9.17) is 0 Å². The number of hydrogen-bond acceptors (Lipinski definition) is 6. The average molecular weight is 510 g/mol. The van der Waals surface area contributed by atoms with E-state index in [2.05, 4.69) is 20.7 Å². The summed E-state index contributed by atoms with van der Waals surface area (Å²) in [5.74, 6) is -0.387. The molecule has 0 spiro atoms. The van der Waals surface area contributed by atoms with Crippen molar-refractivity contribution < 1.29 is 9.59 Å². The summed E-state index contributed by atoms with van der Waals surface area (Å²) in [7, 11) is 0. The minimum absolute atomic E-state index is 0.177. The molecule has 3 aromatic carbocycles. The van der Waals surface area contributed by atoms with Gasteiger partial charge in [-0.2, -0.15) is 5.10 Å². The maximum Gasteiger partial charge on any atom is 0.256 e. The zero-order chi connectivity index (χ0) is 24.5. The zero-order valence-corrected chi connectivity index (χ0v) is 20.5. The molecule has 2 amide bonds. The van der Waals surface area contributed by atoms with E-state index < -0.39 is 0 Å². The van der Waals surface area contributed by atoms with Gasteiger partial charge in [0, 0.05) is 44.4 Å². The van der Waals surface area contributed by atoms with E-state index in [9.17, 15) is 9.59 Å². The molecule has 9 heteroatoms. The predicted octanol–water partition coefficient (Wildman–Crippen LogP) is 5.64. The maximum atomic E-state index is 12.9. The molecule has 3 heterocycles. The Bertz CT molecular complexity index is 1580. The van der Waals surface area contributed by atoms with Crippen molar-refractivity contribution in [2.24, 2.45) is 0 Å². The fourth-order valence-corrected chi connectivity index (χ4v) is 5.75. The molecule has 5 aromatic rings. The maximum absolute atomic E-state index is 12.9. The molecular weight excluding hydrogens is 490 g/mol. The molecule has 0 saturated heterocycles. The highest BCUT2D eigenvalue weighted by Gasteiger charge is 2.20. The van der Waals surface area contributed by atoms with Crippen LogP contribution in [0.2, 0.25) is 0 Å². The Morgan fingerprint density at radius 1 is 1.00 bits per heavy atom. The Morgan fingerprint density at radius 2 is 1.86 bits per heavy atom. The van der Waals surface area contributed by atoms with Crippen molar-refractivity contribution in [3.8, 4) is 16.3 Å². The number of rotatable bonds is 5. The molecule has 0 fully saturated rings. The number of nitrogens with zero attached hydrogens (tertiary/aromatic N) is 3. The molecule has 2 N–H and O–H groups in total.